The molecule has 6 heteroatoms. The molecule has 104 valence electrons. The van der Waals surface area contributed by atoms with Crippen molar-refractivity contribution < 1.29 is 4.42 Å². The normalized spacial score (nSPS) is 12.7. The van der Waals surface area contributed by atoms with Gasteiger partial charge in [-0.15, -0.1) is 11.3 Å². The first kappa shape index (κ1) is 13.4. The number of rotatable bonds is 6. The van der Waals surface area contributed by atoms with Crippen LogP contribution in [0.3, 0.4) is 0 Å². The Morgan fingerprint density at radius 1 is 1.35 bits per heavy atom. The van der Waals surface area contributed by atoms with E-state index in [1.807, 2.05) is 41.2 Å². The maximum Gasteiger partial charge on any atom is 0.126 e. The van der Waals surface area contributed by atoms with Crippen LogP contribution in [0.15, 0.2) is 53.4 Å². The SMILES string of the molecule is Clc1ccc(C(NCCn2cccn2)c2ccco2)s1. The van der Waals surface area contributed by atoms with Crippen LogP contribution in [-0.2, 0) is 6.54 Å². The highest BCUT2D eigenvalue weighted by molar-refractivity contribution is 7.16. The zero-order valence-corrected chi connectivity index (χ0v) is 12.3. The van der Waals surface area contributed by atoms with E-state index in [4.69, 9.17) is 16.0 Å². The predicted octanol–water partition coefficient (Wildman–Crippen LogP) is 3.57. The molecule has 0 aromatic carbocycles. The molecule has 0 aliphatic carbocycles. The van der Waals surface area contributed by atoms with Gasteiger partial charge in [0.05, 0.1) is 17.1 Å². The molecule has 0 aliphatic rings. The number of halogens is 1. The molecule has 1 atom stereocenters. The lowest BCUT2D eigenvalue weighted by Crippen LogP contribution is -2.25. The molecule has 0 radical (unpaired) electrons. The van der Waals surface area contributed by atoms with Gasteiger partial charge in [0.1, 0.15) is 11.8 Å². The summed E-state index contributed by atoms with van der Waals surface area (Å²) in [5.74, 6) is 0.893. The molecule has 1 N–H and O–H groups in total. The Balaban J connectivity index is 1.70. The Morgan fingerprint density at radius 3 is 2.95 bits per heavy atom. The Morgan fingerprint density at radius 2 is 2.30 bits per heavy atom. The van der Waals surface area contributed by atoms with Crippen LogP contribution >= 0.6 is 22.9 Å². The minimum atomic E-state index is 0.0260. The summed E-state index contributed by atoms with van der Waals surface area (Å²) in [7, 11) is 0. The highest BCUT2D eigenvalue weighted by Gasteiger charge is 2.18. The first-order valence-electron chi connectivity index (χ1n) is 6.32. The van der Waals surface area contributed by atoms with Gasteiger partial charge in [0.2, 0.25) is 0 Å². The van der Waals surface area contributed by atoms with Crippen LogP contribution in [-0.4, -0.2) is 16.3 Å². The van der Waals surface area contributed by atoms with Crippen molar-refractivity contribution in [3.05, 3.63) is 64.0 Å². The molecule has 20 heavy (non-hydrogen) atoms. The molecule has 1 unspecified atom stereocenters. The smallest absolute Gasteiger partial charge is 0.126 e. The maximum atomic E-state index is 6.03. The lowest BCUT2D eigenvalue weighted by molar-refractivity contribution is 0.437. The van der Waals surface area contributed by atoms with Crippen LogP contribution in [0.2, 0.25) is 4.34 Å². The second kappa shape index (κ2) is 6.26. The standard InChI is InChI=1S/C14H14ClN3OS/c15-13-5-4-12(20-13)14(11-3-1-10-19-11)16-7-9-18-8-2-6-17-18/h1-6,8,10,14,16H,7,9H2. The van der Waals surface area contributed by atoms with Gasteiger partial charge < -0.3 is 9.73 Å². The number of furan rings is 1. The van der Waals surface area contributed by atoms with Gasteiger partial charge in [-0.2, -0.15) is 5.10 Å². The van der Waals surface area contributed by atoms with Gasteiger partial charge in [-0.05, 0) is 30.3 Å². The molecule has 0 spiro atoms. The van der Waals surface area contributed by atoms with Gasteiger partial charge in [0.25, 0.3) is 0 Å². The molecule has 4 nitrogen and oxygen atoms in total. The molecule has 3 aromatic heterocycles. The van der Waals surface area contributed by atoms with Crippen molar-refractivity contribution in [2.75, 3.05) is 6.54 Å². The molecule has 0 aliphatic heterocycles. The third-order valence-electron chi connectivity index (χ3n) is 2.95. The van der Waals surface area contributed by atoms with Gasteiger partial charge in [0.15, 0.2) is 0 Å². The molecule has 0 fully saturated rings. The van der Waals surface area contributed by atoms with Gasteiger partial charge in [-0.25, -0.2) is 0 Å². The third-order valence-corrected chi connectivity index (χ3v) is 4.25. The van der Waals surface area contributed by atoms with Crippen LogP contribution in [0, 0.1) is 0 Å². The molecular formula is C14H14ClN3OS. The molecule has 0 saturated heterocycles. The quantitative estimate of drug-likeness (QED) is 0.757. The number of aromatic nitrogens is 2. The summed E-state index contributed by atoms with van der Waals surface area (Å²) in [5.41, 5.74) is 0. The van der Waals surface area contributed by atoms with Crippen LogP contribution in [0.1, 0.15) is 16.7 Å². The van der Waals surface area contributed by atoms with Crippen molar-refractivity contribution in [1.29, 1.82) is 0 Å². The molecule has 0 amide bonds. The summed E-state index contributed by atoms with van der Waals surface area (Å²) in [6, 6.07) is 9.75. The fourth-order valence-corrected chi connectivity index (χ4v) is 3.18. The maximum absolute atomic E-state index is 6.03. The zero-order valence-electron chi connectivity index (χ0n) is 10.7. The minimum absolute atomic E-state index is 0.0260. The molecule has 3 aromatic rings. The van der Waals surface area contributed by atoms with E-state index in [9.17, 15) is 0 Å². The van der Waals surface area contributed by atoms with Crippen LogP contribution < -0.4 is 5.32 Å². The van der Waals surface area contributed by atoms with E-state index in [-0.39, 0.29) is 6.04 Å². The zero-order chi connectivity index (χ0) is 13.8. The summed E-state index contributed by atoms with van der Waals surface area (Å²) >= 11 is 7.59. The van der Waals surface area contributed by atoms with E-state index in [0.29, 0.717) is 0 Å². The van der Waals surface area contributed by atoms with Gasteiger partial charge in [-0.1, -0.05) is 11.6 Å². The van der Waals surface area contributed by atoms with Crippen LogP contribution in [0.25, 0.3) is 0 Å². The minimum Gasteiger partial charge on any atom is -0.467 e. The lowest BCUT2D eigenvalue weighted by Gasteiger charge is -2.15. The van der Waals surface area contributed by atoms with Crippen molar-refractivity contribution in [2.24, 2.45) is 0 Å². The van der Waals surface area contributed by atoms with E-state index in [1.165, 1.54) is 0 Å². The number of hydrogen-bond donors (Lipinski definition) is 1. The number of hydrogen-bond acceptors (Lipinski definition) is 4. The summed E-state index contributed by atoms with van der Waals surface area (Å²) in [6.07, 6.45) is 5.42. The summed E-state index contributed by atoms with van der Waals surface area (Å²) < 4.78 is 8.20. The number of thiophene rings is 1. The highest BCUT2D eigenvalue weighted by atomic mass is 35.5. The van der Waals surface area contributed by atoms with Crippen molar-refractivity contribution in [2.45, 2.75) is 12.6 Å². The van der Waals surface area contributed by atoms with Crippen molar-refractivity contribution >= 4 is 22.9 Å². The van der Waals surface area contributed by atoms with Crippen molar-refractivity contribution in [3.63, 3.8) is 0 Å². The molecule has 0 saturated carbocycles. The molecule has 0 bridgehead atoms. The Labute approximate surface area is 126 Å². The second-order valence-electron chi connectivity index (χ2n) is 4.31. The molecule has 3 rings (SSSR count). The average Bonchev–Trinajstić information content (AvgIpc) is 3.17. The predicted molar refractivity (Wildman–Crippen MR) is 80.1 cm³/mol. The van der Waals surface area contributed by atoms with E-state index in [0.717, 1.165) is 28.1 Å². The number of nitrogens with zero attached hydrogens (tertiary/aromatic N) is 2. The Hall–Kier alpha value is -1.56. The van der Waals surface area contributed by atoms with E-state index in [2.05, 4.69) is 10.4 Å². The summed E-state index contributed by atoms with van der Waals surface area (Å²) in [5, 5.41) is 7.67. The van der Waals surface area contributed by atoms with Gasteiger partial charge in [0, 0.05) is 23.8 Å². The van der Waals surface area contributed by atoms with Crippen LogP contribution in [0.4, 0.5) is 0 Å². The van der Waals surface area contributed by atoms with Gasteiger partial charge >= 0.3 is 0 Å². The van der Waals surface area contributed by atoms with Crippen molar-refractivity contribution in [1.82, 2.24) is 15.1 Å². The number of nitrogens with one attached hydrogen (secondary N) is 1. The molecular weight excluding hydrogens is 294 g/mol. The lowest BCUT2D eigenvalue weighted by atomic mass is 10.2. The highest BCUT2D eigenvalue weighted by Crippen LogP contribution is 2.31. The monoisotopic (exact) mass is 307 g/mol. The summed E-state index contributed by atoms with van der Waals surface area (Å²) in [4.78, 5) is 1.14. The Kier molecular flexibility index (Phi) is 4.20. The first-order valence-corrected chi connectivity index (χ1v) is 7.52. The summed E-state index contributed by atoms with van der Waals surface area (Å²) in [6.45, 7) is 1.60. The van der Waals surface area contributed by atoms with E-state index < -0.39 is 0 Å². The largest absolute Gasteiger partial charge is 0.467 e. The van der Waals surface area contributed by atoms with E-state index in [1.54, 1.807) is 23.8 Å². The van der Waals surface area contributed by atoms with Crippen LogP contribution in [0.5, 0.6) is 0 Å². The van der Waals surface area contributed by atoms with E-state index >= 15 is 0 Å². The fourth-order valence-electron chi connectivity index (χ4n) is 2.04. The fraction of sp³-hybridized carbons (Fsp3) is 0.214. The molecule has 3 heterocycles. The average molecular weight is 308 g/mol. The third kappa shape index (κ3) is 3.12. The Bertz CT molecular complexity index is 633. The first-order chi connectivity index (χ1) is 9.83. The topological polar surface area (TPSA) is 43.0 Å². The van der Waals surface area contributed by atoms with Gasteiger partial charge in [-0.3, -0.25) is 4.68 Å². The second-order valence-corrected chi connectivity index (χ2v) is 6.06. The van der Waals surface area contributed by atoms with Crippen molar-refractivity contribution in [3.8, 4) is 0 Å².